The second-order valence-corrected chi connectivity index (χ2v) is 6.09. The van der Waals surface area contributed by atoms with E-state index in [1.54, 1.807) is 20.3 Å². The minimum atomic E-state index is -0.531. The molecule has 0 radical (unpaired) electrons. The Hall–Kier alpha value is -2.09. The molecule has 1 saturated heterocycles. The van der Waals surface area contributed by atoms with Crippen molar-refractivity contribution in [2.45, 2.75) is 38.8 Å². The van der Waals surface area contributed by atoms with E-state index in [0.717, 1.165) is 11.1 Å². The maximum absolute atomic E-state index is 12.2. The molecule has 0 spiro atoms. The third-order valence-electron chi connectivity index (χ3n) is 4.41. The van der Waals surface area contributed by atoms with Crippen LogP contribution in [0.3, 0.4) is 0 Å². The van der Waals surface area contributed by atoms with Gasteiger partial charge in [-0.3, -0.25) is 4.79 Å². The van der Waals surface area contributed by atoms with Gasteiger partial charge in [0.25, 0.3) is 0 Å². The van der Waals surface area contributed by atoms with Crippen LogP contribution < -0.4 is 0 Å². The molecule has 144 valence electrons. The van der Waals surface area contributed by atoms with Gasteiger partial charge < -0.3 is 29.2 Å². The molecule has 7 heteroatoms. The summed E-state index contributed by atoms with van der Waals surface area (Å²) in [6.45, 7) is 2.08. The normalized spacial score (nSPS) is 24.6. The lowest BCUT2D eigenvalue weighted by atomic mass is 9.89. The number of carbonyl (C=O) groups excluding carboxylic acids is 1. The van der Waals surface area contributed by atoms with E-state index < -0.39 is 12.6 Å². The molecule has 1 aliphatic rings. The van der Waals surface area contributed by atoms with Gasteiger partial charge in [0.1, 0.15) is 0 Å². The lowest BCUT2D eigenvalue weighted by molar-refractivity contribution is -0.239. The summed E-state index contributed by atoms with van der Waals surface area (Å²) in [6.07, 6.45) is 2.15. The first-order valence-electron chi connectivity index (χ1n) is 8.52. The van der Waals surface area contributed by atoms with Crippen LogP contribution in [0.5, 0.6) is 11.5 Å². The molecule has 1 aromatic rings. The average molecular weight is 366 g/mol. The van der Waals surface area contributed by atoms with E-state index in [1.165, 1.54) is 12.1 Å². The van der Waals surface area contributed by atoms with Crippen molar-refractivity contribution in [2.24, 2.45) is 5.92 Å². The number of allylic oxidation sites excluding steroid dienone is 1. The summed E-state index contributed by atoms with van der Waals surface area (Å²) in [5.41, 5.74) is 1.67. The minimum absolute atomic E-state index is 0.0751. The molecule has 0 aliphatic carbocycles. The van der Waals surface area contributed by atoms with Gasteiger partial charge in [-0.15, -0.1) is 0 Å². The molecular weight excluding hydrogens is 340 g/mol. The lowest BCUT2D eigenvalue weighted by Gasteiger charge is -2.35. The molecule has 0 aromatic heterocycles. The van der Waals surface area contributed by atoms with Crippen molar-refractivity contribution in [3.05, 3.63) is 35.4 Å². The van der Waals surface area contributed by atoms with Gasteiger partial charge in [0.15, 0.2) is 24.1 Å². The number of methoxy groups -OCH3 is 2. The summed E-state index contributed by atoms with van der Waals surface area (Å²) >= 11 is 0. The van der Waals surface area contributed by atoms with Crippen LogP contribution in [0.1, 0.15) is 25.3 Å². The van der Waals surface area contributed by atoms with Gasteiger partial charge >= 0.3 is 5.97 Å². The van der Waals surface area contributed by atoms with E-state index in [9.17, 15) is 15.0 Å². The van der Waals surface area contributed by atoms with E-state index in [0.29, 0.717) is 12.8 Å². The summed E-state index contributed by atoms with van der Waals surface area (Å²) in [4.78, 5) is 12.2. The monoisotopic (exact) mass is 366 g/mol. The highest BCUT2D eigenvalue weighted by Crippen LogP contribution is 2.33. The molecule has 1 aliphatic heterocycles. The number of rotatable bonds is 7. The predicted octanol–water partition coefficient (Wildman–Crippen LogP) is 2.50. The zero-order chi connectivity index (χ0) is 19.1. The van der Waals surface area contributed by atoms with Crippen molar-refractivity contribution < 1.29 is 34.0 Å². The summed E-state index contributed by atoms with van der Waals surface area (Å²) < 4.78 is 21.6. The molecule has 0 bridgehead atoms. The van der Waals surface area contributed by atoms with Gasteiger partial charge in [-0.25, -0.2) is 0 Å². The van der Waals surface area contributed by atoms with Crippen LogP contribution in [0.4, 0.5) is 0 Å². The number of esters is 1. The first kappa shape index (κ1) is 20.2. The smallest absolute Gasteiger partial charge is 0.306 e. The molecule has 1 aromatic carbocycles. The fourth-order valence-corrected chi connectivity index (χ4v) is 3.02. The number of hydrogen-bond acceptors (Lipinski definition) is 7. The Labute approximate surface area is 153 Å². The van der Waals surface area contributed by atoms with E-state index >= 15 is 0 Å². The molecule has 1 fully saturated rings. The molecule has 2 rings (SSSR count). The van der Waals surface area contributed by atoms with Crippen LogP contribution in [0.25, 0.3) is 0 Å². The van der Waals surface area contributed by atoms with Crippen LogP contribution in [0, 0.1) is 5.92 Å². The molecule has 0 saturated carbocycles. The SMILES string of the molecule is CC=C1[C@H](CC(=O)OCCc2ccc(O)c(O)c2)C[C@H](OC)O[C@H]1OC. The second kappa shape index (κ2) is 9.56. The molecule has 0 amide bonds. The lowest BCUT2D eigenvalue weighted by Crippen LogP contribution is -2.38. The van der Waals surface area contributed by atoms with Crippen molar-refractivity contribution in [1.82, 2.24) is 0 Å². The maximum atomic E-state index is 12.2. The number of ether oxygens (including phenoxy) is 4. The van der Waals surface area contributed by atoms with Crippen LogP contribution in [0.15, 0.2) is 29.8 Å². The number of carbonyl (C=O) groups is 1. The van der Waals surface area contributed by atoms with E-state index in [4.69, 9.17) is 18.9 Å². The van der Waals surface area contributed by atoms with Gasteiger partial charge in [0.2, 0.25) is 0 Å². The number of benzene rings is 1. The van der Waals surface area contributed by atoms with E-state index in [-0.39, 0.29) is 36.4 Å². The van der Waals surface area contributed by atoms with E-state index in [1.807, 2.05) is 13.0 Å². The Morgan fingerprint density at radius 2 is 2.04 bits per heavy atom. The van der Waals surface area contributed by atoms with Crippen LogP contribution in [-0.4, -0.2) is 49.6 Å². The summed E-state index contributed by atoms with van der Waals surface area (Å²) in [5.74, 6) is -0.757. The largest absolute Gasteiger partial charge is 0.504 e. The highest BCUT2D eigenvalue weighted by atomic mass is 16.8. The Morgan fingerprint density at radius 1 is 1.27 bits per heavy atom. The highest BCUT2D eigenvalue weighted by molar-refractivity contribution is 5.70. The summed E-state index contributed by atoms with van der Waals surface area (Å²) in [5, 5.41) is 18.8. The Morgan fingerprint density at radius 3 is 2.65 bits per heavy atom. The predicted molar refractivity (Wildman–Crippen MR) is 93.6 cm³/mol. The quantitative estimate of drug-likeness (QED) is 0.435. The Kier molecular flexibility index (Phi) is 7.44. The number of aromatic hydroxyl groups is 2. The van der Waals surface area contributed by atoms with E-state index in [2.05, 4.69) is 0 Å². The van der Waals surface area contributed by atoms with Crippen molar-refractivity contribution in [3.63, 3.8) is 0 Å². The fourth-order valence-electron chi connectivity index (χ4n) is 3.02. The zero-order valence-corrected chi connectivity index (χ0v) is 15.3. The number of phenolic OH excluding ortho intramolecular Hbond substituents is 2. The topological polar surface area (TPSA) is 94.5 Å². The minimum Gasteiger partial charge on any atom is -0.504 e. The summed E-state index contributed by atoms with van der Waals surface area (Å²) in [6, 6.07) is 4.53. The molecule has 3 atom stereocenters. The van der Waals surface area contributed by atoms with Gasteiger partial charge in [-0.1, -0.05) is 12.1 Å². The fraction of sp³-hybridized carbons (Fsp3) is 0.526. The molecular formula is C19H26O7. The van der Waals surface area contributed by atoms with Crippen molar-refractivity contribution >= 4 is 5.97 Å². The van der Waals surface area contributed by atoms with Crippen LogP contribution in [0.2, 0.25) is 0 Å². The van der Waals surface area contributed by atoms with Gasteiger partial charge in [-0.2, -0.15) is 0 Å². The highest BCUT2D eigenvalue weighted by Gasteiger charge is 2.35. The Balaban J connectivity index is 1.87. The second-order valence-electron chi connectivity index (χ2n) is 6.09. The van der Waals surface area contributed by atoms with Crippen molar-refractivity contribution in [2.75, 3.05) is 20.8 Å². The Bertz CT molecular complexity index is 641. The molecule has 7 nitrogen and oxygen atoms in total. The van der Waals surface area contributed by atoms with Crippen molar-refractivity contribution in [3.8, 4) is 11.5 Å². The summed E-state index contributed by atoms with van der Waals surface area (Å²) in [7, 11) is 3.11. The van der Waals surface area contributed by atoms with Crippen LogP contribution in [-0.2, 0) is 30.2 Å². The number of hydrogen-bond donors (Lipinski definition) is 2. The van der Waals surface area contributed by atoms with Gasteiger partial charge in [0.05, 0.1) is 13.0 Å². The standard InChI is InChI=1S/C19H26O7/c1-4-14-13(11-18(23-2)26-19(14)24-3)10-17(22)25-8-7-12-5-6-15(20)16(21)9-12/h4-6,9,13,18-21H,7-8,10-11H2,1-3H3/t13-,18-,19-/m1/s1. The third kappa shape index (κ3) is 5.20. The maximum Gasteiger partial charge on any atom is 0.306 e. The van der Waals surface area contributed by atoms with Gasteiger partial charge in [-0.05, 0) is 36.1 Å². The molecule has 2 N–H and O–H groups in total. The van der Waals surface area contributed by atoms with Crippen molar-refractivity contribution in [1.29, 1.82) is 0 Å². The average Bonchev–Trinajstić information content (AvgIpc) is 2.63. The zero-order valence-electron chi connectivity index (χ0n) is 15.3. The third-order valence-corrected chi connectivity index (χ3v) is 4.41. The van der Waals surface area contributed by atoms with Crippen LogP contribution >= 0.6 is 0 Å². The molecule has 1 heterocycles. The molecule has 26 heavy (non-hydrogen) atoms. The molecule has 0 unspecified atom stereocenters. The first-order valence-corrected chi connectivity index (χ1v) is 8.52. The number of phenols is 2. The van der Waals surface area contributed by atoms with Gasteiger partial charge in [0, 0.05) is 27.1 Å². The first-order chi connectivity index (χ1) is 12.5.